The van der Waals surface area contributed by atoms with E-state index in [2.05, 4.69) is 4.72 Å². The number of halogens is 1. The number of carbonyl (C=O) groups excluding carboxylic acids is 1. The fraction of sp³-hybridized carbons (Fsp3) is 0.353. The number of thiophene rings is 1. The Morgan fingerprint density at radius 3 is 2.60 bits per heavy atom. The zero-order valence-corrected chi connectivity index (χ0v) is 16.2. The highest BCUT2D eigenvalue weighted by Crippen LogP contribution is 2.27. The molecule has 0 unspecified atom stereocenters. The second kappa shape index (κ2) is 7.35. The van der Waals surface area contributed by atoms with Crippen molar-refractivity contribution in [3.8, 4) is 0 Å². The van der Waals surface area contributed by atoms with Gasteiger partial charge in [0, 0.05) is 23.5 Å². The summed E-state index contributed by atoms with van der Waals surface area (Å²) >= 11 is 6.95. The summed E-state index contributed by atoms with van der Waals surface area (Å²) in [5.74, 6) is -0.0972. The normalized spacial score (nSPS) is 15.2. The molecule has 1 saturated heterocycles. The number of aryl methyl sites for hydroxylation is 1. The molecule has 8 heteroatoms. The lowest BCUT2D eigenvalue weighted by molar-refractivity contribution is 0.0725. The van der Waals surface area contributed by atoms with Gasteiger partial charge in [-0.15, -0.1) is 11.3 Å². The largest absolute Gasteiger partial charge is 0.339 e. The van der Waals surface area contributed by atoms with Gasteiger partial charge < -0.3 is 4.90 Å². The minimum atomic E-state index is -3.74. The van der Waals surface area contributed by atoms with Crippen molar-refractivity contribution in [2.75, 3.05) is 17.8 Å². The van der Waals surface area contributed by atoms with E-state index in [0.717, 1.165) is 49.3 Å². The summed E-state index contributed by atoms with van der Waals surface area (Å²) in [6.07, 6.45) is 3.13. The van der Waals surface area contributed by atoms with Crippen LogP contribution in [-0.2, 0) is 10.0 Å². The molecule has 3 rings (SSSR count). The van der Waals surface area contributed by atoms with Gasteiger partial charge in [0.15, 0.2) is 0 Å². The summed E-state index contributed by atoms with van der Waals surface area (Å²) in [7, 11) is -3.74. The lowest BCUT2D eigenvalue weighted by Gasteiger charge is -2.26. The number of benzene rings is 1. The second-order valence-corrected chi connectivity index (χ2v) is 9.33. The zero-order valence-electron chi connectivity index (χ0n) is 13.8. The van der Waals surface area contributed by atoms with Crippen LogP contribution in [0.15, 0.2) is 33.9 Å². The third kappa shape index (κ3) is 4.16. The third-order valence-electron chi connectivity index (χ3n) is 4.16. The van der Waals surface area contributed by atoms with Crippen LogP contribution in [0.25, 0.3) is 0 Å². The van der Waals surface area contributed by atoms with Crippen molar-refractivity contribution in [2.24, 2.45) is 0 Å². The Labute approximate surface area is 156 Å². The molecule has 1 aliphatic rings. The number of anilines is 1. The van der Waals surface area contributed by atoms with Crippen molar-refractivity contribution >= 4 is 44.6 Å². The lowest BCUT2D eigenvalue weighted by Crippen LogP contribution is -2.35. The molecule has 5 nitrogen and oxygen atoms in total. The molecule has 0 atom stereocenters. The fourth-order valence-corrected chi connectivity index (χ4v) is 5.30. The zero-order chi connectivity index (χ0) is 18.0. The molecular weight excluding hydrogens is 380 g/mol. The molecule has 0 spiro atoms. The topological polar surface area (TPSA) is 66.5 Å². The summed E-state index contributed by atoms with van der Waals surface area (Å²) in [6.45, 7) is 3.25. The van der Waals surface area contributed by atoms with Crippen LogP contribution in [0.4, 0.5) is 5.69 Å². The first-order valence-corrected chi connectivity index (χ1v) is 10.8. The van der Waals surface area contributed by atoms with Crippen LogP contribution in [0.5, 0.6) is 0 Å². The molecular formula is C17H19ClN2O3S2. The van der Waals surface area contributed by atoms with Gasteiger partial charge in [-0.3, -0.25) is 9.52 Å². The van der Waals surface area contributed by atoms with Crippen LogP contribution in [0.1, 0.15) is 35.2 Å². The Balaban J connectivity index is 1.79. The highest BCUT2D eigenvalue weighted by molar-refractivity contribution is 7.94. The number of sulfonamides is 1. The van der Waals surface area contributed by atoms with E-state index in [-0.39, 0.29) is 10.1 Å². The monoisotopic (exact) mass is 398 g/mol. The molecule has 0 bridgehead atoms. The highest BCUT2D eigenvalue weighted by atomic mass is 35.5. The second-order valence-electron chi connectivity index (χ2n) is 6.07. The van der Waals surface area contributed by atoms with E-state index in [1.165, 1.54) is 6.07 Å². The van der Waals surface area contributed by atoms with Gasteiger partial charge in [-0.25, -0.2) is 8.42 Å². The third-order valence-corrected chi connectivity index (χ3v) is 7.20. The van der Waals surface area contributed by atoms with Crippen molar-refractivity contribution in [1.29, 1.82) is 0 Å². The average Bonchev–Trinajstić information content (AvgIpc) is 3.08. The summed E-state index contributed by atoms with van der Waals surface area (Å²) in [6, 6.07) is 6.41. The molecule has 1 aromatic carbocycles. The summed E-state index contributed by atoms with van der Waals surface area (Å²) in [5, 5.41) is 2.16. The average molecular weight is 399 g/mol. The number of piperidine rings is 1. The molecule has 1 amide bonds. The van der Waals surface area contributed by atoms with Crippen LogP contribution in [-0.4, -0.2) is 32.3 Å². The Hall–Kier alpha value is -1.57. The molecule has 134 valence electrons. The molecule has 0 saturated carbocycles. The molecule has 0 aliphatic carbocycles. The quantitative estimate of drug-likeness (QED) is 0.841. The molecule has 2 heterocycles. The first kappa shape index (κ1) is 18.2. The Morgan fingerprint density at radius 2 is 1.92 bits per heavy atom. The predicted molar refractivity (Wildman–Crippen MR) is 101 cm³/mol. The lowest BCUT2D eigenvalue weighted by atomic mass is 10.1. The number of amides is 1. The van der Waals surface area contributed by atoms with Gasteiger partial charge in [-0.1, -0.05) is 11.6 Å². The van der Waals surface area contributed by atoms with Crippen LogP contribution >= 0.6 is 22.9 Å². The number of hydrogen-bond acceptors (Lipinski definition) is 4. The van der Waals surface area contributed by atoms with Crippen LogP contribution in [0.3, 0.4) is 0 Å². The molecule has 0 radical (unpaired) electrons. The van der Waals surface area contributed by atoms with E-state index < -0.39 is 10.0 Å². The maximum Gasteiger partial charge on any atom is 0.271 e. The molecule has 1 aromatic heterocycles. The van der Waals surface area contributed by atoms with Crippen LogP contribution < -0.4 is 4.72 Å². The fourth-order valence-electron chi connectivity index (χ4n) is 2.79. The van der Waals surface area contributed by atoms with Gasteiger partial charge in [-0.2, -0.15) is 0 Å². The van der Waals surface area contributed by atoms with Crippen molar-refractivity contribution in [2.45, 2.75) is 30.4 Å². The maximum absolute atomic E-state index is 12.6. The predicted octanol–water partition coefficient (Wildman–Crippen LogP) is 4.14. The molecule has 1 N–H and O–H groups in total. The van der Waals surface area contributed by atoms with E-state index in [1.54, 1.807) is 35.4 Å². The molecule has 25 heavy (non-hydrogen) atoms. The van der Waals surface area contributed by atoms with Gasteiger partial charge in [0.2, 0.25) is 0 Å². The van der Waals surface area contributed by atoms with E-state index >= 15 is 0 Å². The van der Waals surface area contributed by atoms with Crippen LogP contribution in [0, 0.1) is 6.92 Å². The maximum atomic E-state index is 12.6. The van der Waals surface area contributed by atoms with Crippen LogP contribution in [0.2, 0.25) is 5.02 Å². The molecule has 1 fully saturated rings. The summed E-state index contributed by atoms with van der Waals surface area (Å²) in [4.78, 5) is 14.3. The summed E-state index contributed by atoms with van der Waals surface area (Å²) in [5.41, 5.74) is 1.64. The Kier molecular flexibility index (Phi) is 5.36. The van der Waals surface area contributed by atoms with Crippen molar-refractivity contribution < 1.29 is 13.2 Å². The standard InChI is InChI=1S/C17H19ClN2O3S2/c1-12-9-14(18)5-6-15(12)19-25(22,23)16-10-13(11-24-16)17(21)20-7-3-2-4-8-20/h5-6,9-11,19H,2-4,7-8H2,1H3. The van der Waals surface area contributed by atoms with Gasteiger partial charge in [0.25, 0.3) is 15.9 Å². The van der Waals surface area contributed by atoms with E-state index in [4.69, 9.17) is 11.6 Å². The minimum Gasteiger partial charge on any atom is -0.339 e. The van der Waals surface area contributed by atoms with Gasteiger partial charge >= 0.3 is 0 Å². The SMILES string of the molecule is Cc1cc(Cl)ccc1NS(=O)(=O)c1cc(C(=O)N2CCCCC2)cs1. The first-order valence-electron chi connectivity index (χ1n) is 8.03. The number of likely N-dealkylation sites (tertiary alicyclic amines) is 1. The Morgan fingerprint density at radius 1 is 1.20 bits per heavy atom. The number of carbonyl (C=O) groups is 1. The van der Waals surface area contributed by atoms with E-state index in [0.29, 0.717) is 16.3 Å². The number of nitrogens with zero attached hydrogens (tertiary/aromatic N) is 1. The molecule has 1 aliphatic heterocycles. The van der Waals surface area contributed by atoms with E-state index in [1.807, 2.05) is 0 Å². The highest BCUT2D eigenvalue weighted by Gasteiger charge is 2.23. The first-order chi connectivity index (χ1) is 11.9. The molecule has 2 aromatic rings. The van der Waals surface area contributed by atoms with Crippen molar-refractivity contribution in [3.63, 3.8) is 0 Å². The number of nitrogens with one attached hydrogen (secondary N) is 1. The van der Waals surface area contributed by atoms with Gasteiger partial charge in [-0.05, 0) is 56.0 Å². The minimum absolute atomic E-state index is 0.0972. The van der Waals surface area contributed by atoms with Gasteiger partial charge in [0.05, 0.1) is 11.3 Å². The summed E-state index contributed by atoms with van der Waals surface area (Å²) < 4.78 is 27.9. The van der Waals surface area contributed by atoms with E-state index in [9.17, 15) is 13.2 Å². The van der Waals surface area contributed by atoms with Crippen molar-refractivity contribution in [3.05, 3.63) is 45.8 Å². The number of hydrogen-bond donors (Lipinski definition) is 1. The number of rotatable bonds is 4. The van der Waals surface area contributed by atoms with Crippen molar-refractivity contribution in [1.82, 2.24) is 4.90 Å². The smallest absolute Gasteiger partial charge is 0.271 e. The Bertz CT molecular complexity index is 887. The van der Waals surface area contributed by atoms with Gasteiger partial charge in [0.1, 0.15) is 4.21 Å².